The number of nitrogens with one attached hydrogen (secondary N) is 1. The minimum atomic E-state index is 0. The largest absolute Gasteiger partial charge is 0.354 e. The van der Waals surface area contributed by atoms with Gasteiger partial charge < -0.3 is 14.8 Å². The molecule has 6 nitrogen and oxygen atoms in total. The number of hydrogen-bond donors (Lipinski definition) is 1. The second kappa shape index (κ2) is 13.5. The predicted octanol–water partition coefficient (Wildman–Crippen LogP) is 3.38. The van der Waals surface area contributed by atoms with Gasteiger partial charge >= 0.3 is 0 Å². The van der Waals surface area contributed by atoms with Crippen LogP contribution >= 0.6 is 24.0 Å². The Morgan fingerprint density at radius 3 is 2.70 bits per heavy atom. The molecule has 0 saturated heterocycles. The van der Waals surface area contributed by atoms with Gasteiger partial charge in [0.2, 0.25) is 0 Å². The molecule has 0 amide bonds. The van der Waals surface area contributed by atoms with Gasteiger partial charge in [0.15, 0.2) is 5.96 Å². The molecule has 1 N–H and O–H groups in total. The van der Waals surface area contributed by atoms with E-state index in [2.05, 4.69) is 70.1 Å². The van der Waals surface area contributed by atoms with Crippen LogP contribution in [0.5, 0.6) is 0 Å². The van der Waals surface area contributed by atoms with E-state index in [0.29, 0.717) is 0 Å². The van der Waals surface area contributed by atoms with E-state index in [0.717, 1.165) is 50.8 Å². The van der Waals surface area contributed by atoms with E-state index in [9.17, 15) is 0 Å². The summed E-state index contributed by atoms with van der Waals surface area (Å²) in [6.45, 7) is 7.77. The number of guanidine groups is 1. The molecule has 27 heavy (non-hydrogen) atoms. The van der Waals surface area contributed by atoms with Gasteiger partial charge in [-0.2, -0.15) is 0 Å². The van der Waals surface area contributed by atoms with E-state index in [4.69, 9.17) is 4.99 Å². The van der Waals surface area contributed by atoms with Crippen LogP contribution in [-0.2, 0) is 19.4 Å². The fraction of sp³-hybridized carbons (Fsp3) is 0.550. The van der Waals surface area contributed by atoms with Gasteiger partial charge in [-0.05, 0) is 18.4 Å². The number of unbranched alkanes of at least 4 members (excludes halogenated alkanes) is 1. The molecule has 0 bridgehead atoms. The summed E-state index contributed by atoms with van der Waals surface area (Å²) in [4.78, 5) is 7.05. The number of aryl methyl sites for hydroxylation is 1. The molecule has 1 heterocycles. The number of halogens is 1. The van der Waals surface area contributed by atoms with Gasteiger partial charge in [-0.3, -0.25) is 4.99 Å². The van der Waals surface area contributed by atoms with Crippen molar-refractivity contribution in [3.8, 4) is 0 Å². The van der Waals surface area contributed by atoms with Gasteiger partial charge in [0, 0.05) is 39.6 Å². The third-order valence-electron chi connectivity index (χ3n) is 4.36. The van der Waals surface area contributed by atoms with Crippen molar-refractivity contribution >= 4 is 29.9 Å². The molecule has 0 aliphatic carbocycles. The summed E-state index contributed by atoms with van der Waals surface area (Å²) in [6.07, 6.45) is 6.00. The monoisotopic (exact) mass is 484 g/mol. The summed E-state index contributed by atoms with van der Waals surface area (Å²) in [5.41, 5.74) is 1.32. The molecule has 0 spiro atoms. The van der Waals surface area contributed by atoms with Crippen LogP contribution in [0.25, 0.3) is 0 Å². The Morgan fingerprint density at radius 2 is 2.00 bits per heavy atom. The topological polar surface area (TPSA) is 58.3 Å². The number of hydrogen-bond acceptors (Lipinski definition) is 3. The number of aliphatic imine (C=N–C) groups is 1. The minimum absolute atomic E-state index is 0. The second-order valence-electron chi connectivity index (χ2n) is 6.44. The van der Waals surface area contributed by atoms with Crippen LogP contribution in [-0.4, -0.2) is 52.3 Å². The molecule has 2 rings (SSSR count). The van der Waals surface area contributed by atoms with Crippen molar-refractivity contribution in [3.05, 3.63) is 48.0 Å². The lowest BCUT2D eigenvalue weighted by Crippen LogP contribution is -2.41. The summed E-state index contributed by atoms with van der Waals surface area (Å²) in [5, 5.41) is 11.6. The van der Waals surface area contributed by atoms with E-state index in [-0.39, 0.29) is 24.0 Å². The quantitative estimate of drug-likeness (QED) is 0.319. The molecule has 0 radical (unpaired) electrons. The van der Waals surface area contributed by atoms with Gasteiger partial charge in [-0.25, -0.2) is 0 Å². The van der Waals surface area contributed by atoms with Crippen molar-refractivity contribution in [1.82, 2.24) is 25.0 Å². The number of nitrogens with zero attached hydrogens (tertiary/aromatic N) is 5. The van der Waals surface area contributed by atoms with Crippen molar-refractivity contribution in [3.63, 3.8) is 0 Å². The SMILES string of the molecule is CCCCN(C)C(=NCCc1ccccc1)NCCn1cnnc1CC.I. The first kappa shape index (κ1) is 23.4. The predicted molar refractivity (Wildman–Crippen MR) is 123 cm³/mol. The lowest BCUT2D eigenvalue weighted by molar-refractivity contribution is 0.460. The van der Waals surface area contributed by atoms with E-state index >= 15 is 0 Å². The standard InChI is InChI=1S/C20H32N6.HI/c1-4-6-15-25(3)20(21-13-12-18-10-8-7-9-11-18)22-14-16-26-17-23-24-19(26)5-2;/h7-11,17H,4-6,12-16H2,1-3H3,(H,21,22);1H. The molecule has 2 aromatic rings. The lowest BCUT2D eigenvalue weighted by atomic mass is 10.2. The van der Waals surface area contributed by atoms with Gasteiger partial charge in [0.05, 0.1) is 0 Å². The molecular weight excluding hydrogens is 451 g/mol. The molecule has 0 unspecified atom stereocenters. The van der Waals surface area contributed by atoms with Crippen molar-refractivity contribution in [1.29, 1.82) is 0 Å². The van der Waals surface area contributed by atoms with Crippen LogP contribution in [0.3, 0.4) is 0 Å². The molecule has 0 aliphatic rings. The smallest absolute Gasteiger partial charge is 0.193 e. The van der Waals surface area contributed by atoms with Gasteiger partial charge in [-0.1, -0.05) is 50.6 Å². The van der Waals surface area contributed by atoms with Gasteiger partial charge in [-0.15, -0.1) is 34.2 Å². The second-order valence-corrected chi connectivity index (χ2v) is 6.44. The average molecular weight is 484 g/mol. The van der Waals surface area contributed by atoms with Gasteiger partial charge in [0.1, 0.15) is 12.2 Å². The zero-order valence-electron chi connectivity index (χ0n) is 16.8. The fourth-order valence-corrected chi connectivity index (χ4v) is 2.78. The molecule has 150 valence electrons. The average Bonchev–Trinajstić information content (AvgIpc) is 3.13. The Labute approximate surface area is 180 Å². The van der Waals surface area contributed by atoms with Crippen molar-refractivity contribution < 1.29 is 0 Å². The minimum Gasteiger partial charge on any atom is -0.354 e. The highest BCUT2D eigenvalue weighted by molar-refractivity contribution is 14.0. The summed E-state index contributed by atoms with van der Waals surface area (Å²) in [6, 6.07) is 10.5. The Bertz CT molecular complexity index is 656. The van der Waals surface area contributed by atoms with Crippen molar-refractivity contribution in [2.75, 3.05) is 26.7 Å². The first-order chi connectivity index (χ1) is 12.7. The Morgan fingerprint density at radius 1 is 1.22 bits per heavy atom. The van der Waals surface area contributed by atoms with Crippen molar-refractivity contribution in [2.24, 2.45) is 4.99 Å². The highest BCUT2D eigenvalue weighted by Crippen LogP contribution is 2.01. The van der Waals surface area contributed by atoms with Crippen LogP contribution in [0.15, 0.2) is 41.7 Å². The molecular formula is C20H33IN6. The Balaban J connectivity index is 0.00000364. The third-order valence-corrected chi connectivity index (χ3v) is 4.36. The first-order valence-electron chi connectivity index (χ1n) is 9.64. The number of benzene rings is 1. The molecule has 0 saturated carbocycles. The van der Waals surface area contributed by atoms with E-state index in [1.807, 2.05) is 6.07 Å². The Hall–Kier alpha value is -1.64. The Kier molecular flexibility index (Phi) is 11.7. The van der Waals surface area contributed by atoms with Crippen LogP contribution in [0.4, 0.5) is 0 Å². The molecule has 1 aromatic carbocycles. The fourth-order valence-electron chi connectivity index (χ4n) is 2.78. The zero-order chi connectivity index (χ0) is 18.6. The lowest BCUT2D eigenvalue weighted by Gasteiger charge is -2.22. The molecule has 1 aromatic heterocycles. The summed E-state index contributed by atoms with van der Waals surface area (Å²) < 4.78 is 2.10. The van der Waals surface area contributed by atoms with E-state index in [1.165, 1.54) is 18.4 Å². The van der Waals surface area contributed by atoms with Gasteiger partial charge in [0.25, 0.3) is 0 Å². The maximum Gasteiger partial charge on any atom is 0.193 e. The molecule has 0 aliphatic heterocycles. The van der Waals surface area contributed by atoms with Crippen LogP contribution in [0.2, 0.25) is 0 Å². The summed E-state index contributed by atoms with van der Waals surface area (Å²) in [7, 11) is 2.11. The number of rotatable bonds is 10. The maximum absolute atomic E-state index is 4.82. The summed E-state index contributed by atoms with van der Waals surface area (Å²) >= 11 is 0. The van der Waals surface area contributed by atoms with Crippen molar-refractivity contribution in [2.45, 2.75) is 46.1 Å². The third kappa shape index (κ3) is 8.28. The number of aromatic nitrogens is 3. The zero-order valence-corrected chi connectivity index (χ0v) is 19.1. The molecule has 0 atom stereocenters. The highest BCUT2D eigenvalue weighted by Gasteiger charge is 2.07. The molecule has 7 heteroatoms. The van der Waals surface area contributed by atoms with E-state index in [1.54, 1.807) is 6.33 Å². The highest BCUT2D eigenvalue weighted by atomic mass is 127. The normalized spacial score (nSPS) is 11.1. The maximum atomic E-state index is 4.82. The van der Waals surface area contributed by atoms with Crippen LogP contribution in [0, 0.1) is 0 Å². The van der Waals surface area contributed by atoms with Crippen LogP contribution in [0.1, 0.15) is 38.1 Å². The first-order valence-corrected chi connectivity index (χ1v) is 9.64. The van der Waals surface area contributed by atoms with Crippen LogP contribution < -0.4 is 5.32 Å². The van der Waals surface area contributed by atoms with E-state index < -0.39 is 0 Å². The molecule has 0 fully saturated rings. The summed E-state index contributed by atoms with van der Waals surface area (Å²) in [5.74, 6) is 1.99.